The maximum absolute atomic E-state index is 11.4. The van der Waals surface area contributed by atoms with E-state index in [0.717, 1.165) is 41.8 Å². The summed E-state index contributed by atoms with van der Waals surface area (Å²) in [7, 11) is 0. The van der Waals surface area contributed by atoms with Crippen molar-refractivity contribution in [1.82, 2.24) is 9.88 Å². The van der Waals surface area contributed by atoms with Gasteiger partial charge in [0.25, 0.3) is 0 Å². The Bertz CT molecular complexity index is 943. The number of aliphatic imine (C=N–C) groups is 1. The van der Waals surface area contributed by atoms with Gasteiger partial charge in [0, 0.05) is 24.3 Å². The molecule has 2 aromatic rings. The van der Waals surface area contributed by atoms with Crippen molar-refractivity contribution in [3.63, 3.8) is 0 Å². The van der Waals surface area contributed by atoms with Gasteiger partial charge in [-0.15, -0.1) is 0 Å². The van der Waals surface area contributed by atoms with Gasteiger partial charge in [0.15, 0.2) is 5.78 Å². The first-order chi connectivity index (χ1) is 18.3. The molecule has 1 aromatic carbocycles. The second kappa shape index (κ2) is 19.4. The van der Waals surface area contributed by atoms with Crippen LogP contribution in [0.2, 0.25) is 0 Å². The summed E-state index contributed by atoms with van der Waals surface area (Å²) in [5.41, 5.74) is 3.40. The number of anilines is 2. The van der Waals surface area contributed by atoms with Gasteiger partial charge >= 0.3 is 0 Å². The maximum Gasteiger partial charge on any atom is 0.159 e. The zero-order valence-electron chi connectivity index (χ0n) is 25.4. The van der Waals surface area contributed by atoms with Crippen LogP contribution in [-0.2, 0) is 0 Å². The fourth-order valence-corrected chi connectivity index (χ4v) is 4.00. The first kappa shape index (κ1) is 33.3. The van der Waals surface area contributed by atoms with Crippen LogP contribution in [0, 0.1) is 6.92 Å². The number of carbonyl (C=O) groups excluding carboxylic acids is 1. The Morgan fingerprint density at radius 1 is 0.816 bits per heavy atom. The topological polar surface area (TPSA) is 60.8 Å². The highest BCUT2D eigenvalue weighted by atomic mass is 16.1. The predicted octanol–water partition coefficient (Wildman–Crippen LogP) is 8.29. The Balaban J connectivity index is 0.000000686. The van der Waals surface area contributed by atoms with Crippen molar-refractivity contribution in [2.24, 2.45) is 4.99 Å². The molecule has 6 nitrogen and oxygen atoms in total. The van der Waals surface area contributed by atoms with E-state index in [1.807, 2.05) is 44.2 Å². The van der Waals surface area contributed by atoms with Gasteiger partial charge < -0.3 is 15.1 Å². The number of nitrogens with zero attached hydrogens (tertiary/aromatic N) is 4. The predicted molar refractivity (Wildman–Crippen MR) is 167 cm³/mol. The monoisotopic (exact) mass is 523 g/mol. The average molecular weight is 524 g/mol. The van der Waals surface area contributed by atoms with Crippen LogP contribution < -0.4 is 10.2 Å². The number of nitrogens with one attached hydrogen (secondary N) is 1. The number of benzene rings is 1. The van der Waals surface area contributed by atoms with Gasteiger partial charge in [-0.2, -0.15) is 0 Å². The molecule has 0 fully saturated rings. The SMILES string of the molecule is CCCCN(CC)CC.CCCCN(CCCC)c1ccc(N=C(C)Nc2ccc(C(C)=O)cc2)c(C)n1. The number of aryl methyl sites for hydroxylation is 1. The minimum atomic E-state index is 0.0654. The number of Topliss-reactive ketones (excluding diaryl/α,β-unsaturated/α-hetero) is 1. The molecule has 212 valence electrons. The highest BCUT2D eigenvalue weighted by molar-refractivity contribution is 5.97. The van der Waals surface area contributed by atoms with Crippen molar-refractivity contribution >= 4 is 28.8 Å². The standard InChI is InChI=1S/C24H34N4O.C8H19N/c1-6-8-16-28(17-9-7-2)24-15-14-23(18(3)25-24)27-20(5)26-22-12-10-21(11-13-22)19(4)29;1-4-7-8-9(5-2)6-3/h10-15H,6-9,16-17H2,1-5H3,(H,26,27);4-8H2,1-3H3. The summed E-state index contributed by atoms with van der Waals surface area (Å²) in [5.74, 6) is 1.89. The normalized spacial score (nSPS) is 11.2. The third kappa shape index (κ3) is 12.7. The van der Waals surface area contributed by atoms with Crippen molar-refractivity contribution in [2.45, 2.75) is 93.9 Å². The van der Waals surface area contributed by atoms with E-state index in [4.69, 9.17) is 9.98 Å². The molecule has 0 radical (unpaired) electrons. The number of aromatic nitrogens is 1. The van der Waals surface area contributed by atoms with Gasteiger partial charge in [0.05, 0.1) is 11.4 Å². The van der Waals surface area contributed by atoms with Crippen LogP contribution in [0.5, 0.6) is 0 Å². The van der Waals surface area contributed by atoms with Crippen LogP contribution in [0.15, 0.2) is 41.4 Å². The molecule has 2 rings (SSSR count). The maximum atomic E-state index is 11.4. The van der Waals surface area contributed by atoms with Crippen LogP contribution in [0.25, 0.3) is 0 Å². The lowest BCUT2D eigenvalue weighted by molar-refractivity contribution is 0.101. The third-order valence-electron chi connectivity index (χ3n) is 6.56. The number of unbranched alkanes of at least 4 members (excludes halogenated alkanes) is 3. The van der Waals surface area contributed by atoms with Gasteiger partial charge in [-0.1, -0.05) is 53.9 Å². The Labute approximate surface area is 233 Å². The fraction of sp³-hybridized carbons (Fsp3) is 0.594. The summed E-state index contributed by atoms with van der Waals surface area (Å²) in [4.78, 5) is 25.8. The molecule has 1 aromatic heterocycles. The Hall–Kier alpha value is -2.73. The van der Waals surface area contributed by atoms with E-state index >= 15 is 0 Å². The number of carbonyl (C=O) groups is 1. The van der Waals surface area contributed by atoms with E-state index in [1.54, 1.807) is 6.92 Å². The first-order valence-corrected chi connectivity index (χ1v) is 14.7. The van der Waals surface area contributed by atoms with Crippen molar-refractivity contribution in [3.05, 3.63) is 47.7 Å². The van der Waals surface area contributed by atoms with Gasteiger partial charge in [-0.05, 0) is 96.1 Å². The Morgan fingerprint density at radius 2 is 1.37 bits per heavy atom. The molecule has 6 heteroatoms. The summed E-state index contributed by atoms with van der Waals surface area (Å²) in [6.45, 7) is 22.4. The van der Waals surface area contributed by atoms with Crippen LogP contribution in [-0.4, -0.2) is 54.2 Å². The van der Waals surface area contributed by atoms with Crippen molar-refractivity contribution in [1.29, 1.82) is 0 Å². The molecule has 0 spiro atoms. The quantitative estimate of drug-likeness (QED) is 0.145. The van der Waals surface area contributed by atoms with E-state index in [1.165, 1.54) is 58.2 Å². The molecule has 0 saturated carbocycles. The molecule has 0 aliphatic heterocycles. The van der Waals surface area contributed by atoms with Crippen molar-refractivity contribution < 1.29 is 4.79 Å². The molecule has 0 aliphatic carbocycles. The van der Waals surface area contributed by atoms with Gasteiger partial charge in [-0.3, -0.25) is 4.79 Å². The molecule has 0 saturated heterocycles. The molecule has 1 heterocycles. The number of rotatable bonds is 15. The lowest BCUT2D eigenvalue weighted by Gasteiger charge is -2.24. The first-order valence-electron chi connectivity index (χ1n) is 14.7. The minimum Gasteiger partial charge on any atom is -0.357 e. The van der Waals surface area contributed by atoms with Crippen LogP contribution >= 0.6 is 0 Å². The third-order valence-corrected chi connectivity index (χ3v) is 6.56. The largest absolute Gasteiger partial charge is 0.357 e. The number of hydrogen-bond donors (Lipinski definition) is 1. The average Bonchev–Trinajstić information content (AvgIpc) is 2.91. The summed E-state index contributed by atoms with van der Waals surface area (Å²) >= 11 is 0. The number of ketones is 1. The molecule has 0 bridgehead atoms. The van der Waals surface area contributed by atoms with E-state index in [0.29, 0.717) is 5.56 Å². The summed E-state index contributed by atoms with van der Waals surface area (Å²) in [5, 5.41) is 3.28. The van der Waals surface area contributed by atoms with Crippen molar-refractivity contribution in [3.8, 4) is 0 Å². The van der Waals surface area contributed by atoms with Gasteiger partial charge in [0.2, 0.25) is 0 Å². The van der Waals surface area contributed by atoms with E-state index in [2.05, 4.69) is 55.8 Å². The van der Waals surface area contributed by atoms with E-state index in [9.17, 15) is 4.79 Å². The smallest absolute Gasteiger partial charge is 0.159 e. The van der Waals surface area contributed by atoms with Crippen molar-refractivity contribution in [2.75, 3.05) is 42.9 Å². The molecule has 0 unspecified atom stereocenters. The molecule has 0 atom stereocenters. The molecular formula is C32H53N5O. The van der Waals surface area contributed by atoms with Crippen LogP contribution in [0.4, 0.5) is 17.2 Å². The molecular weight excluding hydrogens is 470 g/mol. The molecule has 0 amide bonds. The number of pyridine rings is 1. The molecule has 38 heavy (non-hydrogen) atoms. The fourth-order valence-electron chi connectivity index (χ4n) is 4.00. The molecule has 1 N–H and O–H groups in total. The summed E-state index contributed by atoms with van der Waals surface area (Å²) in [6, 6.07) is 11.5. The zero-order chi connectivity index (χ0) is 28.3. The van der Waals surface area contributed by atoms with Crippen LogP contribution in [0.1, 0.15) is 103 Å². The van der Waals surface area contributed by atoms with E-state index in [-0.39, 0.29) is 5.78 Å². The van der Waals surface area contributed by atoms with Crippen LogP contribution in [0.3, 0.4) is 0 Å². The summed E-state index contributed by atoms with van der Waals surface area (Å²) in [6.07, 6.45) is 7.38. The number of amidine groups is 1. The minimum absolute atomic E-state index is 0.0654. The molecule has 0 aliphatic rings. The second-order valence-electron chi connectivity index (χ2n) is 9.80. The van der Waals surface area contributed by atoms with Gasteiger partial charge in [-0.25, -0.2) is 9.98 Å². The lowest BCUT2D eigenvalue weighted by atomic mass is 10.1. The number of hydrogen-bond acceptors (Lipinski definition) is 5. The highest BCUT2D eigenvalue weighted by Gasteiger charge is 2.09. The Kier molecular flexibility index (Phi) is 17.0. The lowest BCUT2D eigenvalue weighted by Crippen LogP contribution is -2.26. The summed E-state index contributed by atoms with van der Waals surface area (Å²) < 4.78 is 0. The highest BCUT2D eigenvalue weighted by Crippen LogP contribution is 2.22. The second-order valence-corrected chi connectivity index (χ2v) is 9.80. The zero-order valence-corrected chi connectivity index (χ0v) is 25.4. The Morgan fingerprint density at radius 3 is 1.84 bits per heavy atom. The van der Waals surface area contributed by atoms with E-state index < -0.39 is 0 Å². The van der Waals surface area contributed by atoms with Gasteiger partial charge in [0.1, 0.15) is 11.7 Å².